The molecular formula is C20H14BrNO. The molecule has 112 valence electrons. The van der Waals surface area contributed by atoms with Crippen LogP contribution in [0.25, 0.3) is 0 Å². The summed E-state index contributed by atoms with van der Waals surface area (Å²) in [5.74, 6) is 6.12. The summed E-state index contributed by atoms with van der Waals surface area (Å²) in [5.41, 5.74) is 2.63. The number of aromatic nitrogens is 1. The number of pyridine rings is 1. The molecular weight excluding hydrogens is 350 g/mol. The van der Waals surface area contributed by atoms with Crippen LogP contribution in [0.2, 0.25) is 0 Å². The summed E-state index contributed by atoms with van der Waals surface area (Å²) in [6.45, 7) is 0.546. The van der Waals surface area contributed by atoms with Crippen LogP contribution in [-0.2, 0) is 6.54 Å². The van der Waals surface area contributed by atoms with Crippen molar-refractivity contribution >= 4 is 15.9 Å². The van der Waals surface area contributed by atoms with Gasteiger partial charge in [0.1, 0.15) is 0 Å². The van der Waals surface area contributed by atoms with Gasteiger partial charge in [-0.15, -0.1) is 0 Å². The fourth-order valence-electron chi connectivity index (χ4n) is 2.21. The summed E-state index contributed by atoms with van der Waals surface area (Å²) in [6, 6.07) is 21.5. The minimum absolute atomic E-state index is 0.0753. The van der Waals surface area contributed by atoms with Crippen molar-refractivity contribution in [2.45, 2.75) is 6.54 Å². The molecule has 0 radical (unpaired) electrons. The van der Waals surface area contributed by atoms with Gasteiger partial charge in [-0.1, -0.05) is 60.4 Å². The molecule has 2 aromatic carbocycles. The van der Waals surface area contributed by atoms with Crippen LogP contribution in [0, 0.1) is 11.8 Å². The monoisotopic (exact) mass is 363 g/mol. The van der Waals surface area contributed by atoms with E-state index in [4.69, 9.17) is 0 Å². The average Bonchev–Trinajstić information content (AvgIpc) is 2.60. The summed E-state index contributed by atoms with van der Waals surface area (Å²) in [7, 11) is 0. The van der Waals surface area contributed by atoms with Gasteiger partial charge in [0, 0.05) is 17.3 Å². The second-order valence-corrected chi connectivity index (χ2v) is 5.87. The second kappa shape index (κ2) is 7.13. The van der Waals surface area contributed by atoms with E-state index in [1.54, 1.807) is 10.8 Å². The molecule has 1 heterocycles. The van der Waals surface area contributed by atoms with E-state index in [2.05, 4.69) is 27.8 Å². The van der Waals surface area contributed by atoms with Crippen LogP contribution in [0.5, 0.6) is 0 Å². The van der Waals surface area contributed by atoms with Crippen LogP contribution in [0.15, 0.2) is 82.2 Å². The molecule has 0 aliphatic carbocycles. The molecule has 0 fully saturated rings. The van der Waals surface area contributed by atoms with E-state index in [-0.39, 0.29) is 5.56 Å². The van der Waals surface area contributed by atoms with Crippen molar-refractivity contribution in [2.24, 2.45) is 0 Å². The predicted molar refractivity (Wildman–Crippen MR) is 96.4 cm³/mol. The van der Waals surface area contributed by atoms with E-state index >= 15 is 0 Å². The smallest absolute Gasteiger partial charge is 0.266 e. The number of hydrogen-bond donors (Lipinski definition) is 0. The fourth-order valence-corrected chi connectivity index (χ4v) is 2.67. The summed E-state index contributed by atoms with van der Waals surface area (Å²) >= 11 is 3.38. The van der Waals surface area contributed by atoms with E-state index in [1.165, 1.54) is 0 Å². The number of halogens is 1. The Morgan fingerprint density at radius 3 is 2.22 bits per heavy atom. The second-order valence-electron chi connectivity index (χ2n) is 5.08. The third-order valence-electron chi connectivity index (χ3n) is 3.42. The lowest BCUT2D eigenvalue weighted by molar-refractivity contribution is 0.754. The van der Waals surface area contributed by atoms with Crippen LogP contribution in [0.4, 0.5) is 0 Å². The lowest BCUT2D eigenvalue weighted by atomic mass is 10.2. The molecule has 0 bridgehead atoms. The summed E-state index contributed by atoms with van der Waals surface area (Å²) in [5, 5.41) is 0. The van der Waals surface area contributed by atoms with Gasteiger partial charge < -0.3 is 4.57 Å². The first-order valence-corrected chi connectivity index (χ1v) is 8.03. The molecule has 3 heteroatoms. The standard InChI is InChI=1S/C20H14BrNO/c21-19-18(12-11-16-7-3-1-4-8-16)13-14-22(20(19)23)15-17-9-5-2-6-10-17/h1-10,13-14H,15H2. The van der Waals surface area contributed by atoms with Gasteiger partial charge in [-0.2, -0.15) is 0 Å². The molecule has 0 saturated carbocycles. The molecule has 0 N–H and O–H groups in total. The summed E-state index contributed by atoms with van der Waals surface area (Å²) in [4.78, 5) is 12.5. The maximum absolute atomic E-state index is 12.5. The highest BCUT2D eigenvalue weighted by Crippen LogP contribution is 2.11. The third-order valence-corrected chi connectivity index (χ3v) is 4.18. The van der Waals surface area contributed by atoms with E-state index in [0.717, 1.165) is 11.1 Å². The first kappa shape index (κ1) is 15.3. The lowest BCUT2D eigenvalue weighted by Crippen LogP contribution is -2.21. The molecule has 23 heavy (non-hydrogen) atoms. The quantitative estimate of drug-likeness (QED) is 0.629. The molecule has 2 nitrogen and oxygen atoms in total. The molecule has 3 aromatic rings. The largest absolute Gasteiger partial charge is 0.310 e. The van der Waals surface area contributed by atoms with Crippen molar-refractivity contribution in [2.75, 3.05) is 0 Å². The molecule has 0 unspecified atom stereocenters. The van der Waals surface area contributed by atoms with Crippen LogP contribution < -0.4 is 5.56 Å². The molecule has 0 spiro atoms. The number of benzene rings is 2. The Labute approximate surface area is 143 Å². The van der Waals surface area contributed by atoms with Gasteiger partial charge in [-0.25, -0.2) is 0 Å². The molecule has 0 atom stereocenters. The Morgan fingerprint density at radius 2 is 1.52 bits per heavy atom. The Kier molecular flexibility index (Phi) is 4.75. The first-order valence-electron chi connectivity index (χ1n) is 7.24. The Bertz CT molecular complexity index is 919. The van der Waals surface area contributed by atoms with Crippen LogP contribution in [0.1, 0.15) is 16.7 Å². The number of hydrogen-bond acceptors (Lipinski definition) is 1. The minimum atomic E-state index is -0.0753. The zero-order chi connectivity index (χ0) is 16.1. The van der Waals surface area contributed by atoms with Crippen molar-refractivity contribution in [3.63, 3.8) is 0 Å². The third kappa shape index (κ3) is 3.80. The highest BCUT2D eigenvalue weighted by atomic mass is 79.9. The maximum atomic E-state index is 12.5. The van der Waals surface area contributed by atoms with Crippen molar-refractivity contribution in [3.05, 3.63) is 104 Å². The topological polar surface area (TPSA) is 22.0 Å². The highest BCUT2D eigenvalue weighted by Gasteiger charge is 2.06. The molecule has 3 rings (SSSR count). The maximum Gasteiger partial charge on any atom is 0.266 e. The van der Waals surface area contributed by atoms with Crippen LogP contribution in [-0.4, -0.2) is 4.57 Å². The van der Waals surface area contributed by atoms with E-state index in [0.29, 0.717) is 16.6 Å². The van der Waals surface area contributed by atoms with Crippen molar-refractivity contribution in [1.82, 2.24) is 4.57 Å². The summed E-state index contributed by atoms with van der Waals surface area (Å²) < 4.78 is 2.17. The SMILES string of the molecule is O=c1c(Br)c(C#Cc2ccccc2)ccn1Cc1ccccc1. The number of rotatable bonds is 2. The fraction of sp³-hybridized carbons (Fsp3) is 0.0500. The zero-order valence-corrected chi connectivity index (χ0v) is 14.0. The molecule has 0 amide bonds. The predicted octanol–water partition coefficient (Wildman–Crippen LogP) is 4.06. The van der Waals surface area contributed by atoms with Crippen molar-refractivity contribution < 1.29 is 0 Å². The number of nitrogens with zero attached hydrogens (tertiary/aromatic N) is 1. The van der Waals surface area contributed by atoms with Crippen LogP contribution >= 0.6 is 15.9 Å². The lowest BCUT2D eigenvalue weighted by Gasteiger charge is -2.07. The van der Waals surface area contributed by atoms with Crippen molar-refractivity contribution in [1.29, 1.82) is 0 Å². The molecule has 0 aliphatic rings. The Hall–Kier alpha value is -2.57. The highest BCUT2D eigenvalue weighted by molar-refractivity contribution is 9.10. The van der Waals surface area contributed by atoms with Crippen molar-refractivity contribution in [3.8, 4) is 11.8 Å². The van der Waals surface area contributed by atoms with E-state index in [9.17, 15) is 4.79 Å². The summed E-state index contributed by atoms with van der Waals surface area (Å²) in [6.07, 6.45) is 1.79. The average molecular weight is 364 g/mol. The van der Waals surface area contributed by atoms with Crippen LogP contribution in [0.3, 0.4) is 0 Å². The normalized spacial score (nSPS) is 9.96. The van der Waals surface area contributed by atoms with E-state index in [1.807, 2.05) is 66.7 Å². The van der Waals surface area contributed by atoms with Gasteiger partial charge in [0.2, 0.25) is 0 Å². The first-order chi connectivity index (χ1) is 11.2. The van der Waals surface area contributed by atoms with Gasteiger partial charge in [-0.3, -0.25) is 4.79 Å². The molecule has 0 saturated heterocycles. The molecule has 0 aliphatic heterocycles. The van der Waals surface area contributed by atoms with Gasteiger partial charge >= 0.3 is 0 Å². The van der Waals surface area contributed by atoms with Gasteiger partial charge in [0.15, 0.2) is 0 Å². The Balaban J connectivity index is 1.90. The van der Waals surface area contributed by atoms with Gasteiger partial charge in [-0.05, 0) is 39.7 Å². The Morgan fingerprint density at radius 1 is 0.870 bits per heavy atom. The minimum Gasteiger partial charge on any atom is -0.310 e. The van der Waals surface area contributed by atoms with Gasteiger partial charge in [0.05, 0.1) is 11.0 Å². The van der Waals surface area contributed by atoms with E-state index < -0.39 is 0 Å². The zero-order valence-electron chi connectivity index (χ0n) is 12.4. The van der Waals surface area contributed by atoms with Gasteiger partial charge in [0.25, 0.3) is 5.56 Å². The molecule has 1 aromatic heterocycles.